The van der Waals surface area contributed by atoms with Crippen LogP contribution in [0.25, 0.3) is 0 Å². The van der Waals surface area contributed by atoms with E-state index in [2.05, 4.69) is 33.8 Å². The zero-order valence-electron chi connectivity index (χ0n) is 15.8. The Hall–Kier alpha value is -0.620. The molecule has 0 aromatic heterocycles. The van der Waals surface area contributed by atoms with E-state index in [1.54, 1.807) is 0 Å². The monoisotopic (exact) mass is 413 g/mol. The van der Waals surface area contributed by atoms with E-state index in [1.165, 1.54) is 18.4 Å². The molecule has 1 saturated heterocycles. The van der Waals surface area contributed by atoms with Crippen molar-refractivity contribution in [2.75, 3.05) is 39.5 Å². The minimum Gasteiger partial charge on any atom is -0.493 e. The molecule has 2 rings (SSSR count). The van der Waals surface area contributed by atoms with Gasteiger partial charge in [-0.1, -0.05) is 22.0 Å². The second-order valence-electron chi connectivity index (χ2n) is 6.58. The molecule has 0 bridgehead atoms. The summed E-state index contributed by atoms with van der Waals surface area (Å²) in [6, 6.07) is 6.12. The van der Waals surface area contributed by atoms with Gasteiger partial charge in [0.2, 0.25) is 0 Å². The topological polar surface area (TPSA) is 30.9 Å². The molecule has 4 nitrogen and oxygen atoms in total. The lowest BCUT2D eigenvalue weighted by Crippen LogP contribution is -2.41. The number of likely N-dealkylation sites (tertiary alicyclic amines) is 1. The maximum absolute atomic E-state index is 5.99. The number of benzene rings is 1. The molecule has 1 aliphatic rings. The van der Waals surface area contributed by atoms with Crippen molar-refractivity contribution in [3.05, 3.63) is 28.2 Å². The minimum atomic E-state index is -0.0885. The first-order valence-corrected chi connectivity index (χ1v) is 10.3. The van der Waals surface area contributed by atoms with Crippen LogP contribution in [-0.2, 0) is 9.47 Å². The molecule has 0 N–H and O–H groups in total. The molecule has 25 heavy (non-hydrogen) atoms. The van der Waals surface area contributed by atoms with E-state index in [1.807, 2.05) is 26.0 Å². The van der Waals surface area contributed by atoms with Crippen LogP contribution in [0.1, 0.15) is 38.7 Å². The molecule has 0 atom stereocenters. The summed E-state index contributed by atoms with van der Waals surface area (Å²) in [5.74, 6) is 1.74. The maximum atomic E-state index is 5.99. The highest BCUT2D eigenvalue weighted by Crippen LogP contribution is 2.27. The summed E-state index contributed by atoms with van der Waals surface area (Å²) in [4.78, 5) is 2.46. The fourth-order valence-corrected chi connectivity index (χ4v) is 3.62. The third-order valence-corrected chi connectivity index (χ3v) is 5.68. The molecule has 1 fully saturated rings. The molecular weight excluding hydrogens is 382 g/mol. The number of hydrogen-bond donors (Lipinski definition) is 0. The third kappa shape index (κ3) is 6.89. The summed E-state index contributed by atoms with van der Waals surface area (Å²) in [7, 11) is 0. The predicted molar refractivity (Wildman–Crippen MR) is 105 cm³/mol. The number of nitrogens with zero attached hydrogens (tertiary/aromatic N) is 1. The van der Waals surface area contributed by atoms with Gasteiger partial charge in [-0.15, -0.1) is 0 Å². The Kier molecular flexibility index (Phi) is 9.24. The Balaban J connectivity index is 1.67. The van der Waals surface area contributed by atoms with Gasteiger partial charge in [0.25, 0.3) is 0 Å². The average Bonchev–Trinajstić information content (AvgIpc) is 2.60. The van der Waals surface area contributed by atoms with Crippen molar-refractivity contribution in [1.82, 2.24) is 4.90 Å². The summed E-state index contributed by atoms with van der Waals surface area (Å²) in [5, 5.41) is 0. The van der Waals surface area contributed by atoms with Crippen LogP contribution >= 0.6 is 15.9 Å². The van der Waals surface area contributed by atoms with E-state index in [0.717, 1.165) is 48.8 Å². The largest absolute Gasteiger partial charge is 0.493 e. The van der Waals surface area contributed by atoms with Crippen molar-refractivity contribution in [3.63, 3.8) is 0 Å². The van der Waals surface area contributed by atoms with Gasteiger partial charge in [-0.25, -0.2) is 0 Å². The highest BCUT2D eigenvalue weighted by Gasteiger charge is 2.22. The molecule has 0 radical (unpaired) electrons. The zero-order valence-corrected chi connectivity index (χ0v) is 17.4. The first-order valence-electron chi connectivity index (χ1n) is 9.47. The standard InChI is InChI=1S/C20H32BrNO3/c1-4-23-20(24-5-2)15-22-12-9-17(10-13-22)11-14-25-19-8-6-7-18(21)16(19)3/h6-8,17,20H,4-5,9-15H2,1-3H3. The normalized spacial score (nSPS) is 16.5. The number of halogens is 1. The summed E-state index contributed by atoms with van der Waals surface area (Å²) in [5.41, 5.74) is 1.18. The zero-order chi connectivity index (χ0) is 18.1. The van der Waals surface area contributed by atoms with Gasteiger partial charge in [-0.3, -0.25) is 4.90 Å². The summed E-state index contributed by atoms with van der Waals surface area (Å²) < 4.78 is 18.4. The van der Waals surface area contributed by atoms with Crippen molar-refractivity contribution < 1.29 is 14.2 Å². The first-order chi connectivity index (χ1) is 12.1. The Labute approximate surface area is 161 Å². The van der Waals surface area contributed by atoms with Gasteiger partial charge >= 0.3 is 0 Å². The first kappa shape index (κ1) is 20.7. The highest BCUT2D eigenvalue weighted by molar-refractivity contribution is 9.10. The van der Waals surface area contributed by atoms with Crippen LogP contribution in [-0.4, -0.2) is 50.6 Å². The van der Waals surface area contributed by atoms with Gasteiger partial charge in [0, 0.05) is 29.8 Å². The number of ether oxygens (including phenoxy) is 3. The Morgan fingerprint density at radius 3 is 2.48 bits per heavy atom. The van der Waals surface area contributed by atoms with E-state index >= 15 is 0 Å². The molecule has 0 saturated carbocycles. The lowest BCUT2D eigenvalue weighted by Gasteiger charge is -2.34. The third-order valence-electron chi connectivity index (χ3n) is 4.82. The Morgan fingerprint density at radius 2 is 1.84 bits per heavy atom. The van der Waals surface area contributed by atoms with E-state index < -0.39 is 0 Å². The van der Waals surface area contributed by atoms with Crippen LogP contribution in [0.4, 0.5) is 0 Å². The van der Waals surface area contributed by atoms with E-state index in [0.29, 0.717) is 13.2 Å². The summed E-state index contributed by atoms with van der Waals surface area (Å²) >= 11 is 3.56. The van der Waals surface area contributed by atoms with Gasteiger partial charge in [-0.05, 0) is 71.2 Å². The Bertz CT molecular complexity index is 498. The summed E-state index contributed by atoms with van der Waals surface area (Å²) in [6.07, 6.45) is 3.49. The van der Waals surface area contributed by atoms with E-state index in [-0.39, 0.29) is 6.29 Å². The molecule has 142 valence electrons. The van der Waals surface area contributed by atoms with Crippen LogP contribution in [0.5, 0.6) is 5.75 Å². The van der Waals surface area contributed by atoms with Gasteiger partial charge in [0.05, 0.1) is 6.61 Å². The molecule has 0 aliphatic carbocycles. The molecule has 0 amide bonds. The SMILES string of the molecule is CCOC(CN1CCC(CCOc2cccc(Br)c2C)CC1)OCC. The maximum Gasteiger partial charge on any atom is 0.170 e. The molecule has 1 heterocycles. The van der Waals surface area contributed by atoms with Crippen LogP contribution in [0, 0.1) is 12.8 Å². The van der Waals surface area contributed by atoms with Gasteiger partial charge in [0.15, 0.2) is 6.29 Å². The van der Waals surface area contributed by atoms with Crippen LogP contribution < -0.4 is 4.74 Å². The average molecular weight is 414 g/mol. The second-order valence-corrected chi connectivity index (χ2v) is 7.44. The number of piperidine rings is 1. The van der Waals surface area contributed by atoms with Crippen molar-refractivity contribution in [2.24, 2.45) is 5.92 Å². The van der Waals surface area contributed by atoms with E-state index in [9.17, 15) is 0 Å². The number of hydrogen-bond acceptors (Lipinski definition) is 4. The van der Waals surface area contributed by atoms with Crippen LogP contribution in [0.15, 0.2) is 22.7 Å². The number of rotatable bonds is 10. The van der Waals surface area contributed by atoms with Crippen molar-refractivity contribution in [2.45, 2.75) is 46.3 Å². The van der Waals surface area contributed by atoms with Crippen LogP contribution in [0.2, 0.25) is 0 Å². The smallest absolute Gasteiger partial charge is 0.170 e. The van der Waals surface area contributed by atoms with Crippen molar-refractivity contribution in [1.29, 1.82) is 0 Å². The molecular formula is C20H32BrNO3. The fourth-order valence-electron chi connectivity index (χ4n) is 3.27. The molecule has 1 aliphatic heterocycles. The van der Waals surface area contributed by atoms with Crippen molar-refractivity contribution >= 4 is 15.9 Å². The second kappa shape index (κ2) is 11.2. The van der Waals surface area contributed by atoms with Crippen LogP contribution in [0.3, 0.4) is 0 Å². The van der Waals surface area contributed by atoms with E-state index in [4.69, 9.17) is 14.2 Å². The van der Waals surface area contributed by atoms with Gasteiger partial charge < -0.3 is 14.2 Å². The predicted octanol–water partition coefficient (Wildman–Crippen LogP) is 4.64. The quantitative estimate of drug-likeness (QED) is 0.522. The molecule has 1 aromatic rings. The van der Waals surface area contributed by atoms with Gasteiger partial charge in [0.1, 0.15) is 5.75 Å². The van der Waals surface area contributed by atoms with Crippen molar-refractivity contribution in [3.8, 4) is 5.75 Å². The molecule has 0 spiro atoms. The Morgan fingerprint density at radius 1 is 1.16 bits per heavy atom. The minimum absolute atomic E-state index is 0.0885. The molecule has 1 aromatic carbocycles. The fraction of sp³-hybridized carbons (Fsp3) is 0.700. The lowest BCUT2D eigenvalue weighted by atomic mass is 9.94. The lowest BCUT2D eigenvalue weighted by molar-refractivity contribution is -0.149. The molecule has 5 heteroatoms. The summed E-state index contributed by atoms with van der Waals surface area (Å²) in [6.45, 7) is 11.4. The highest BCUT2D eigenvalue weighted by atomic mass is 79.9. The molecule has 0 unspecified atom stereocenters. The van der Waals surface area contributed by atoms with Gasteiger partial charge in [-0.2, -0.15) is 0 Å².